The maximum atomic E-state index is 11.7. The summed E-state index contributed by atoms with van der Waals surface area (Å²) < 4.78 is 1.45. The molecule has 0 aliphatic carbocycles. The number of carbonyl (C=O) groups excluding carboxylic acids is 1. The van der Waals surface area contributed by atoms with E-state index in [1.807, 2.05) is 6.92 Å². The van der Waals surface area contributed by atoms with Gasteiger partial charge in [-0.3, -0.25) is 9.48 Å². The van der Waals surface area contributed by atoms with E-state index in [4.69, 9.17) is 5.11 Å². The average molecular weight is 246 g/mol. The molecule has 6 heteroatoms. The molecule has 94 valence electrons. The number of rotatable bonds is 3. The number of aliphatic hydroxyl groups excluding tert-OH is 1. The molecule has 0 amide bonds. The van der Waals surface area contributed by atoms with Gasteiger partial charge in [-0.1, -0.05) is 0 Å². The molecule has 0 radical (unpaired) electrons. The van der Waals surface area contributed by atoms with Crippen LogP contribution in [0.1, 0.15) is 22.0 Å². The zero-order valence-corrected chi connectivity index (χ0v) is 10.5. The van der Waals surface area contributed by atoms with Crippen molar-refractivity contribution >= 4 is 5.78 Å². The fourth-order valence-corrected chi connectivity index (χ4v) is 1.89. The smallest absolute Gasteiger partial charge is 0.206 e. The van der Waals surface area contributed by atoms with Gasteiger partial charge in [0.15, 0.2) is 0 Å². The van der Waals surface area contributed by atoms with Crippen LogP contribution >= 0.6 is 0 Å². The lowest BCUT2D eigenvalue weighted by Gasteiger charge is -2.05. The largest absolute Gasteiger partial charge is 0.388 e. The van der Waals surface area contributed by atoms with Gasteiger partial charge < -0.3 is 5.11 Å². The van der Waals surface area contributed by atoms with Crippen LogP contribution in [0.15, 0.2) is 12.3 Å². The standard InChI is InChI=1S/C12H14N4O2/c1-7-4-10(15-8(2)14-7)9-5-13-16(3)12(9)11(18)6-17/h4-5,17H,6H2,1-3H3. The van der Waals surface area contributed by atoms with Gasteiger partial charge in [-0.2, -0.15) is 5.10 Å². The van der Waals surface area contributed by atoms with Crippen molar-refractivity contribution in [1.82, 2.24) is 19.7 Å². The number of Topliss-reactive ketones (excluding diaryl/α,β-unsaturated/α-hetero) is 1. The lowest BCUT2D eigenvalue weighted by molar-refractivity contribution is 0.0895. The molecular formula is C12H14N4O2. The van der Waals surface area contributed by atoms with Crippen LogP contribution in [0, 0.1) is 13.8 Å². The number of aliphatic hydroxyl groups is 1. The monoisotopic (exact) mass is 246 g/mol. The lowest BCUT2D eigenvalue weighted by atomic mass is 10.1. The first-order chi connectivity index (χ1) is 8.52. The molecule has 6 nitrogen and oxygen atoms in total. The molecule has 2 heterocycles. The van der Waals surface area contributed by atoms with Gasteiger partial charge >= 0.3 is 0 Å². The van der Waals surface area contributed by atoms with E-state index >= 15 is 0 Å². The van der Waals surface area contributed by atoms with Crippen LogP contribution in [0.4, 0.5) is 0 Å². The molecule has 0 aliphatic heterocycles. The summed E-state index contributed by atoms with van der Waals surface area (Å²) in [7, 11) is 1.66. The van der Waals surface area contributed by atoms with Crippen LogP contribution in [0.3, 0.4) is 0 Å². The van der Waals surface area contributed by atoms with Gasteiger partial charge in [0.1, 0.15) is 18.1 Å². The second-order valence-electron chi connectivity index (χ2n) is 4.05. The maximum absolute atomic E-state index is 11.7. The van der Waals surface area contributed by atoms with Crippen LogP contribution in [0.2, 0.25) is 0 Å². The van der Waals surface area contributed by atoms with Crippen molar-refractivity contribution < 1.29 is 9.90 Å². The fraction of sp³-hybridized carbons (Fsp3) is 0.333. The van der Waals surface area contributed by atoms with E-state index in [2.05, 4.69) is 15.1 Å². The first-order valence-corrected chi connectivity index (χ1v) is 5.51. The van der Waals surface area contributed by atoms with E-state index in [-0.39, 0.29) is 5.78 Å². The second kappa shape index (κ2) is 4.66. The number of carbonyl (C=O) groups is 1. The highest BCUT2D eigenvalue weighted by Gasteiger charge is 2.18. The zero-order valence-electron chi connectivity index (χ0n) is 10.5. The van der Waals surface area contributed by atoms with Crippen molar-refractivity contribution in [2.24, 2.45) is 7.05 Å². The Bertz CT molecular complexity index is 584. The van der Waals surface area contributed by atoms with Gasteiger partial charge in [0.2, 0.25) is 5.78 Å². The highest BCUT2D eigenvalue weighted by Crippen LogP contribution is 2.22. The molecule has 2 aromatic heterocycles. The minimum Gasteiger partial charge on any atom is -0.388 e. The molecule has 0 bridgehead atoms. The Kier molecular flexibility index (Phi) is 3.20. The number of aromatic nitrogens is 4. The van der Waals surface area contributed by atoms with Crippen LogP contribution in [-0.2, 0) is 7.05 Å². The summed E-state index contributed by atoms with van der Waals surface area (Å²) in [6, 6.07) is 1.79. The minimum absolute atomic E-state index is 0.356. The molecule has 2 rings (SSSR count). The summed E-state index contributed by atoms with van der Waals surface area (Å²) in [6.07, 6.45) is 1.57. The SMILES string of the molecule is Cc1cc(-c2cnn(C)c2C(=O)CO)nc(C)n1. The molecule has 0 unspecified atom stereocenters. The molecule has 18 heavy (non-hydrogen) atoms. The van der Waals surface area contributed by atoms with E-state index in [0.29, 0.717) is 22.8 Å². The Morgan fingerprint density at radius 1 is 1.39 bits per heavy atom. The number of nitrogens with zero attached hydrogens (tertiary/aromatic N) is 4. The van der Waals surface area contributed by atoms with Crippen LogP contribution < -0.4 is 0 Å². The number of aryl methyl sites for hydroxylation is 3. The van der Waals surface area contributed by atoms with Crippen molar-refractivity contribution in [2.45, 2.75) is 13.8 Å². The fourth-order valence-electron chi connectivity index (χ4n) is 1.89. The van der Waals surface area contributed by atoms with E-state index in [9.17, 15) is 4.79 Å². The summed E-state index contributed by atoms with van der Waals surface area (Å²) in [5.41, 5.74) is 2.44. The molecule has 2 aromatic rings. The number of hydrogen-bond acceptors (Lipinski definition) is 5. The molecular weight excluding hydrogens is 232 g/mol. The Balaban J connectivity index is 2.61. The van der Waals surface area contributed by atoms with E-state index in [1.54, 1.807) is 26.2 Å². The third-order valence-corrected chi connectivity index (χ3v) is 2.59. The average Bonchev–Trinajstić information content (AvgIpc) is 2.69. The Morgan fingerprint density at radius 2 is 2.11 bits per heavy atom. The van der Waals surface area contributed by atoms with E-state index < -0.39 is 6.61 Å². The first kappa shape index (κ1) is 12.4. The molecule has 0 saturated heterocycles. The summed E-state index contributed by atoms with van der Waals surface area (Å²) >= 11 is 0. The van der Waals surface area contributed by atoms with E-state index in [1.165, 1.54) is 4.68 Å². The van der Waals surface area contributed by atoms with Gasteiger partial charge in [0.05, 0.1) is 11.9 Å². The predicted molar refractivity (Wildman–Crippen MR) is 65.1 cm³/mol. The Labute approximate surface area is 104 Å². The highest BCUT2D eigenvalue weighted by molar-refractivity contribution is 6.01. The first-order valence-electron chi connectivity index (χ1n) is 5.51. The summed E-state index contributed by atoms with van der Waals surface area (Å²) in [6.45, 7) is 3.11. The van der Waals surface area contributed by atoms with Crippen molar-refractivity contribution in [2.75, 3.05) is 6.61 Å². The van der Waals surface area contributed by atoms with Gasteiger partial charge in [-0.15, -0.1) is 0 Å². The number of hydrogen-bond donors (Lipinski definition) is 1. The van der Waals surface area contributed by atoms with Crippen LogP contribution in [0.25, 0.3) is 11.3 Å². The summed E-state index contributed by atoms with van der Waals surface area (Å²) in [5.74, 6) is 0.259. The predicted octanol–water partition coefficient (Wildman–Crippen LogP) is 0.669. The third kappa shape index (κ3) is 2.14. The van der Waals surface area contributed by atoms with Gasteiger partial charge in [0.25, 0.3) is 0 Å². The molecule has 0 fully saturated rings. The Hall–Kier alpha value is -2.08. The van der Waals surface area contributed by atoms with Crippen LogP contribution in [0.5, 0.6) is 0 Å². The highest BCUT2D eigenvalue weighted by atomic mass is 16.3. The van der Waals surface area contributed by atoms with Crippen molar-refractivity contribution in [3.63, 3.8) is 0 Å². The molecule has 0 aliphatic rings. The molecule has 1 N–H and O–H groups in total. The van der Waals surface area contributed by atoms with Gasteiger partial charge in [-0.25, -0.2) is 9.97 Å². The van der Waals surface area contributed by atoms with Gasteiger partial charge in [0, 0.05) is 18.3 Å². The number of ketones is 1. The van der Waals surface area contributed by atoms with E-state index in [0.717, 1.165) is 5.69 Å². The molecule has 0 aromatic carbocycles. The zero-order chi connectivity index (χ0) is 13.3. The quantitative estimate of drug-likeness (QED) is 0.805. The molecule has 0 spiro atoms. The topological polar surface area (TPSA) is 80.9 Å². The Morgan fingerprint density at radius 3 is 2.72 bits per heavy atom. The second-order valence-corrected chi connectivity index (χ2v) is 4.05. The maximum Gasteiger partial charge on any atom is 0.206 e. The van der Waals surface area contributed by atoms with Crippen molar-refractivity contribution in [3.05, 3.63) is 29.5 Å². The normalized spacial score (nSPS) is 10.7. The summed E-state index contributed by atoms with van der Waals surface area (Å²) in [5, 5.41) is 13.0. The summed E-state index contributed by atoms with van der Waals surface area (Å²) in [4.78, 5) is 20.2. The van der Waals surface area contributed by atoms with Gasteiger partial charge in [-0.05, 0) is 19.9 Å². The lowest BCUT2D eigenvalue weighted by Crippen LogP contribution is -2.12. The van der Waals surface area contributed by atoms with Crippen molar-refractivity contribution in [1.29, 1.82) is 0 Å². The minimum atomic E-state index is -0.546. The molecule has 0 saturated carbocycles. The van der Waals surface area contributed by atoms with Crippen molar-refractivity contribution in [3.8, 4) is 11.3 Å². The van der Waals surface area contributed by atoms with Crippen LogP contribution in [-0.4, -0.2) is 37.2 Å². The third-order valence-electron chi connectivity index (χ3n) is 2.59. The molecule has 0 atom stereocenters.